The quantitative estimate of drug-likeness (QED) is 0.208. The Hall–Kier alpha value is -4.96. The predicted molar refractivity (Wildman–Crippen MR) is 144 cm³/mol. The Morgan fingerprint density at radius 3 is 2.47 bits per heavy atom. The van der Waals surface area contributed by atoms with Crippen LogP contribution in [0.5, 0.6) is 0 Å². The first kappa shape index (κ1) is 24.7. The SMILES string of the molecule is O=C(Nc1cccc(SCc2nnnn2-c2ccccc2)c1)/C(=C\c1ccco1)NC(=O)c1ccccc1. The number of carbonyl (C=O) groups excluding carboxylic acids is 2. The summed E-state index contributed by atoms with van der Waals surface area (Å²) in [5, 5.41) is 17.6. The Bertz CT molecular complexity index is 1550. The van der Waals surface area contributed by atoms with Gasteiger partial charge in [0.25, 0.3) is 11.8 Å². The van der Waals surface area contributed by atoms with Crippen molar-refractivity contribution in [3.05, 3.63) is 126 Å². The molecule has 3 aromatic carbocycles. The van der Waals surface area contributed by atoms with Gasteiger partial charge in [0.15, 0.2) is 5.82 Å². The molecule has 0 saturated heterocycles. The molecule has 0 bridgehead atoms. The van der Waals surface area contributed by atoms with Gasteiger partial charge in [0.1, 0.15) is 11.5 Å². The number of amides is 2. The molecule has 0 aliphatic rings. The molecule has 0 spiro atoms. The van der Waals surface area contributed by atoms with Crippen LogP contribution in [-0.2, 0) is 10.5 Å². The van der Waals surface area contributed by atoms with Gasteiger partial charge in [0.05, 0.1) is 17.7 Å². The zero-order valence-electron chi connectivity index (χ0n) is 20.0. The number of furan rings is 1. The van der Waals surface area contributed by atoms with Crippen LogP contribution < -0.4 is 10.6 Å². The minimum atomic E-state index is -0.485. The number of nitrogens with zero attached hydrogens (tertiary/aromatic N) is 4. The van der Waals surface area contributed by atoms with E-state index in [1.807, 2.05) is 54.6 Å². The van der Waals surface area contributed by atoms with Crippen LogP contribution in [0.15, 0.2) is 118 Å². The highest BCUT2D eigenvalue weighted by Gasteiger charge is 2.16. The van der Waals surface area contributed by atoms with Crippen molar-refractivity contribution in [2.24, 2.45) is 0 Å². The number of benzene rings is 3. The van der Waals surface area contributed by atoms with Crippen LogP contribution in [0.25, 0.3) is 11.8 Å². The largest absolute Gasteiger partial charge is 0.465 e. The monoisotopic (exact) mass is 522 g/mol. The van der Waals surface area contributed by atoms with Crippen LogP contribution in [0.1, 0.15) is 21.9 Å². The van der Waals surface area contributed by atoms with Crippen LogP contribution in [0, 0.1) is 0 Å². The maximum absolute atomic E-state index is 13.2. The van der Waals surface area contributed by atoms with Gasteiger partial charge >= 0.3 is 0 Å². The molecule has 38 heavy (non-hydrogen) atoms. The van der Waals surface area contributed by atoms with Crippen LogP contribution in [0.3, 0.4) is 0 Å². The molecule has 0 fully saturated rings. The molecule has 5 aromatic rings. The van der Waals surface area contributed by atoms with Crippen molar-refractivity contribution in [3.8, 4) is 5.69 Å². The first-order chi connectivity index (χ1) is 18.7. The topological polar surface area (TPSA) is 115 Å². The molecule has 2 amide bonds. The summed E-state index contributed by atoms with van der Waals surface area (Å²) < 4.78 is 7.04. The highest BCUT2D eigenvalue weighted by atomic mass is 32.2. The first-order valence-corrected chi connectivity index (χ1v) is 12.6. The molecule has 0 unspecified atom stereocenters. The van der Waals surface area contributed by atoms with Crippen LogP contribution in [0.4, 0.5) is 5.69 Å². The summed E-state index contributed by atoms with van der Waals surface area (Å²) in [5.74, 6) is 0.766. The number of hydrogen-bond acceptors (Lipinski definition) is 7. The Kier molecular flexibility index (Phi) is 7.71. The molecule has 2 heterocycles. The molecular weight excluding hydrogens is 500 g/mol. The van der Waals surface area contributed by atoms with Gasteiger partial charge in [-0.25, -0.2) is 0 Å². The standard InChI is InChI=1S/C28H22N6O3S/c35-27(20-9-3-1-4-10-20)30-25(18-23-14-8-16-37-23)28(36)29-21-11-7-15-24(17-21)38-19-26-31-32-33-34(26)22-12-5-2-6-13-22/h1-18H,19H2,(H,29,36)(H,30,35)/b25-18+. The number of anilines is 1. The number of tetrazole rings is 1. The van der Waals surface area contributed by atoms with Crippen molar-refractivity contribution in [3.63, 3.8) is 0 Å². The van der Waals surface area contributed by atoms with Gasteiger partial charge in [-0.15, -0.1) is 16.9 Å². The molecule has 0 aliphatic carbocycles. The minimum absolute atomic E-state index is 0.0499. The van der Waals surface area contributed by atoms with Gasteiger partial charge < -0.3 is 15.1 Å². The zero-order chi connectivity index (χ0) is 26.2. The zero-order valence-corrected chi connectivity index (χ0v) is 20.8. The van der Waals surface area contributed by atoms with E-state index in [9.17, 15) is 9.59 Å². The number of carbonyl (C=O) groups is 2. The average Bonchev–Trinajstić information content (AvgIpc) is 3.65. The third-order valence-electron chi connectivity index (χ3n) is 5.35. The number of nitrogens with one attached hydrogen (secondary N) is 2. The fraction of sp³-hybridized carbons (Fsp3) is 0.0357. The smallest absolute Gasteiger partial charge is 0.272 e. The summed E-state index contributed by atoms with van der Waals surface area (Å²) in [6.45, 7) is 0. The third kappa shape index (κ3) is 6.23. The lowest BCUT2D eigenvalue weighted by atomic mass is 10.2. The summed E-state index contributed by atoms with van der Waals surface area (Å²) in [5.41, 5.74) is 1.93. The molecule has 2 N–H and O–H groups in total. The normalized spacial score (nSPS) is 11.2. The van der Waals surface area contributed by atoms with Crippen molar-refractivity contribution < 1.29 is 14.0 Å². The van der Waals surface area contributed by atoms with E-state index < -0.39 is 11.8 Å². The van der Waals surface area contributed by atoms with Crippen molar-refractivity contribution in [1.82, 2.24) is 25.5 Å². The molecule has 10 heteroatoms. The maximum Gasteiger partial charge on any atom is 0.272 e. The van der Waals surface area contributed by atoms with E-state index in [0.717, 1.165) is 10.6 Å². The Labute approximate surface area is 222 Å². The highest BCUT2D eigenvalue weighted by molar-refractivity contribution is 7.98. The lowest BCUT2D eigenvalue weighted by molar-refractivity contribution is -0.113. The second-order valence-electron chi connectivity index (χ2n) is 8.01. The van der Waals surface area contributed by atoms with Crippen molar-refractivity contribution >= 4 is 35.3 Å². The van der Waals surface area contributed by atoms with E-state index in [1.54, 1.807) is 47.1 Å². The fourth-order valence-corrected chi connectivity index (χ4v) is 4.39. The molecule has 188 valence electrons. The predicted octanol–water partition coefficient (Wildman–Crippen LogP) is 4.96. The molecule has 2 aromatic heterocycles. The molecule has 0 aliphatic heterocycles. The second kappa shape index (κ2) is 11.8. The van der Waals surface area contributed by atoms with Crippen molar-refractivity contribution in [1.29, 1.82) is 0 Å². The van der Waals surface area contributed by atoms with E-state index in [2.05, 4.69) is 26.2 Å². The Balaban J connectivity index is 1.29. The van der Waals surface area contributed by atoms with E-state index in [-0.39, 0.29) is 5.70 Å². The summed E-state index contributed by atoms with van der Waals surface area (Å²) >= 11 is 1.53. The lowest BCUT2D eigenvalue weighted by Gasteiger charge is -2.12. The number of rotatable bonds is 9. The van der Waals surface area contributed by atoms with E-state index in [4.69, 9.17) is 4.42 Å². The van der Waals surface area contributed by atoms with Crippen LogP contribution in [-0.4, -0.2) is 32.0 Å². The van der Waals surface area contributed by atoms with Crippen LogP contribution >= 0.6 is 11.8 Å². The van der Waals surface area contributed by atoms with Crippen molar-refractivity contribution in [2.75, 3.05) is 5.32 Å². The maximum atomic E-state index is 13.2. The van der Waals surface area contributed by atoms with Crippen LogP contribution in [0.2, 0.25) is 0 Å². The van der Waals surface area contributed by atoms with E-state index in [1.165, 1.54) is 24.1 Å². The van der Waals surface area contributed by atoms with Gasteiger partial charge in [0, 0.05) is 22.2 Å². The van der Waals surface area contributed by atoms with E-state index >= 15 is 0 Å². The van der Waals surface area contributed by atoms with Gasteiger partial charge in [0.2, 0.25) is 0 Å². The number of thioether (sulfide) groups is 1. The van der Waals surface area contributed by atoms with Gasteiger partial charge in [-0.05, 0) is 65.0 Å². The molecule has 0 saturated carbocycles. The van der Waals surface area contributed by atoms with Gasteiger partial charge in [-0.1, -0.05) is 42.5 Å². The number of hydrogen-bond donors (Lipinski definition) is 2. The average molecular weight is 523 g/mol. The van der Waals surface area contributed by atoms with E-state index in [0.29, 0.717) is 28.6 Å². The highest BCUT2D eigenvalue weighted by Crippen LogP contribution is 2.25. The molecule has 0 atom stereocenters. The second-order valence-corrected chi connectivity index (χ2v) is 9.06. The number of para-hydroxylation sites is 1. The van der Waals surface area contributed by atoms with Gasteiger partial charge in [-0.2, -0.15) is 4.68 Å². The summed E-state index contributed by atoms with van der Waals surface area (Å²) in [6.07, 6.45) is 2.98. The van der Waals surface area contributed by atoms with Crippen molar-refractivity contribution in [2.45, 2.75) is 10.6 Å². The fourth-order valence-electron chi connectivity index (χ4n) is 3.53. The minimum Gasteiger partial charge on any atom is -0.465 e. The Morgan fingerprint density at radius 1 is 0.921 bits per heavy atom. The molecule has 5 rings (SSSR count). The summed E-state index contributed by atoms with van der Waals surface area (Å²) in [7, 11) is 0. The van der Waals surface area contributed by atoms with Gasteiger partial charge in [-0.3, -0.25) is 9.59 Å². The summed E-state index contributed by atoms with van der Waals surface area (Å²) in [4.78, 5) is 26.8. The molecule has 9 nitrogen and oxygen atoms in total. The Morgan fingerprint density at radius 2 is 1.71 bits per heavy atom. The first-order valence-electron chi connectivity index (χ1n) is 11.6. The molecule has 0 radical (unpaired) electrons. The molecular formula is C28H22N6O3S. The third-order valence-corrected chi connectivity index (χ3v) is 6.34. The number of aromatic nitrogens is 4. The lowest BCUT2D eigenvalue weighted by Crippen LogP contribution is -2.30. The summed E-state index contributed by atoms with van der Waals surface area (Å²) in [6, 6.07) is 29.1.